The molecule has 1 atom stereocenters. The van der Waals surface area contributed by atoms with Gasteiger partial charge in [-0.25, -0.2) is 0 Å². The van der Waals surface area contributed by atoms with E-state index in [1.807, 2.05) is 30.3 Å². The highest BCUT2D eigenvalue weighted by Gasteiger charge is 2.17. The molecule has 0 radical (unpaired) electrons. The first-order valence-corrected chi connectivity index (χ1v) is 7.82. The van der Waals surface area contributed by atoms with Crippen molar-refractivity contribution in [3.8, 4) is 5.75 Å². The van der Waals surface area contributed by atoms with Gasteiger partial charge in [-0.05, 0) is 64.6 Å². The van der Waals surface area contributed by atoms with Gasteiger partial charge in [0.2, 0.25) is 0 Å². The zero-order valence-corrected chi connectivity index (χ0v) is 14.7. The third kappa shape index (κ3) is 3.42. The molecule has 1 unspecified atom stereocenters. The Morgan fingerprint density at radius 2 is 1.95 bits per heavy atom. The lowest BCUT2D eigenvalue weighted by Crippen LogP contribution is -2.14. The molecule has 0 bridgehead atoms. The fraction of sp³-hybridized carbons (Fsp3) is 0.143. The monoisotopic (exact) mass is 451 g/mol. The average molecular weight is 453 g/mol. The first-order chi connectivity index (χ1) is 9.02. The summed E-state index contributed by atoms with van der Waals surface area (Å²) in [6, 6.07) is 11.2. The fourth-order valence-corrected chi connectivity index (χ4v) is 3.10. The summed E-state index contributed by atoms with van der Waals surface area (Å²) in [5.41, 5.74) is 8.29. The van der Waals surface area contributed by atoms with Gasteiger partial charge in [0.25, 0.3) is 0 Å². The molecule has 0 aliphatic heterocycles. The maximum atomic E-state index is 6.37. The van der Waals surface area contributed by atoms with E-state index < -0.39 is 0 Å². The molecular weight excluding hydrogens is 440 g/mol. The van der Waals surface area contributed by atoms with Crippen molar-refractivity contribution in [1.82, 2.24) is 0 Å². The lowest BCUT2D eigenvalue weighted by atomic mass is 9.99. The van der Waals surface area contributed by atoms with Crippen LogP contribution in [0.5, 0.6) is 5.75 Å². The molecule has 0 spiro atoms. The van der Waals surface area contributed by atoms with E-state index in [0.29, 0.717) is 5.02 Å². The van der Waals surface area contributed by atoms with Crippen LogP contribution >= 0.6 is 50.1 Å². The summed E-state index contributed by atoms with van der Waals surface area (Å²) in [7, 11) is 1.63. The van der Waals surface area contributed by atoms with Gasteiger partial charge in [-0.15, -0.1) is 0 Å². The Balaban J connectivity index is 2.51. The first-order valence-electron chi connectivity index (χ1n) is 5.57. The second kappa shape index (κ2) is 6.43. The summed E-state index contributed by atoms with van der Waals surface area (Å²) in [6.45, 7) is 0. The van der Waals surface area contributed by atoms with Gasteiger partial charge >= 0.3 is 0 Å². The molecule has 0 saturated carbocycles. The number of hydrogen-bond acceptors (Lipinski definition) is 2. The SMILES string of the molecule is COc1ccc(Cl)cc1C(N)c1cc(Br)ccc1I. The number of hydrogen-bond donors (Lipinski definition) is 1. The van der Waals surface area contributed by atoms with Gasteiger partial charge in [0, 0.05) is 18.6 Å². The Morgan fingerprint density at radius 3 is 2.63 bits per heavy atom. The number of rotatable bonds is 3. The van der Waals surface area contributed by atoms with Crippen molar-refractivity contribution in [2.75, 3.05) is 7.11 Å². The van der Waals surface area contributed by atoms with Gasteiger partial charge in [0.15, 0.2) is 0 Å². The largest absolute Gasteiger partial charge is 0.496 e. The van der Waals surface area contributed by atoms with Gasteiger partial charge in [-0.1, -0.05) is 27.5 Å². The molecule has 0 aliphatic carbocycles. The van der Waals surface area contributed by atoms with Crippen LogP contribution in [0.15, 0.2) is 40.9 Å². The molecule has 0 aromatic heterocycles. The van der Waals surface area contributed by atoms with Crippen molar-refractivity contribution < 1.29 is 4.74 Å². The number of methoxy groups -OCH3 is 1. The molecule has 0 heterocycles. The highest BCUT2D eigenvalue weighted by Crippen LogP contribution is 2.33. The predicted octanol–water partition coefficient (Wildman–Crippen LogP) is 4.76. The van der Waals surface area contributed by atoms with Crippen LogP contribution in [0.25, 0.3) is 0 Å². The molecule has 19 heavy (non-hydrogen) atoms. The van der Waals surface area contributed by atoms with Gasteiger partial charge in [-0.2, -0.15) is 0 Å². The van der Waals surface area contributed by atoms with Crippen LogP contribution in [-0.4, -0.2) is 7.11 Å². The van der Waals surface area contributed by atoms with Crippen LogP contribution in [-0.2, 0) is 0 Å². The van der Waals surface area contributed by atoms with E-state index in [9.17, 15) is 0 Å². The quantitative estimate of drug-likeness (QED) is 0.682. The molecule has 0 fully saturated rings. The van der Waals surface area contributed by atoms with Crippen molar-refractivity contribution in [3.63, 3.8) is 0 Å². The topological polar surface area (TPSA) is 35.2 Å². The second-order valence-corrected chi connectivity index (χ2v) is 6.54. The third-order valence-corrected chi connectivity index (χ3v) is 4.53. The highest BCUT2D eigenvalue weighted by molar-refractivity contribution is 14.1. The zero-order valence-electron chi connectivity index (χ0n) is 10.2. The maximum Gasteiger partial charge on any atom is 0.124 e. The summed E-state index contributed by atoms with van der Waals surface area (Å²) < 4.78 is 7.47. The van der Waals surface area contributed by atoms with E-state index in [-0.39, 0.29) is 6.04 Å². The summed E-state index contributed by atoms with van der Waals surface area (Å²) in [4.78, 5) is 0. The fourth-order valence-electron chi connectivity index (χ4n) is 1.87. The Bertz CT molecular complexity index is 606. The zero-order chi connectivity index (χ0) is 14.0. The maximum absolute atomic E-state index is 6.37. The molecule has 2 aromatic carbocycles. The number of nitrogens with two attached hydrogens (primary N) is 1. The standard InChI is InChI=1S/C14H12BrClINO/c1-19-13-5-3-9(16)7-11(13)14(18)10-6-8(15)2-4-12(10)17/h2-7,14H,18H2,1H3. The van der Waals surface area contributed by atoms with Crippen molar-refractivity contribution in [3.05, 3.63) is 60.6 Å². The minimum atomic E-state index is -0.280. The second-order valence-electron chi connectivity index (χ2n) is 4.03. The van der Waals surface area contributed by atoms with E-state index in [0.717, 1.165) is 24.9 Å². The van der Waals surface area contributed by atoms with E-state index >= 15 is 0 Å². The minimum absolute atomic E-state index is 0.280. The molecule has 0 amide bonds. The molecule has 0 aliphatic rings. The first kappa shape index (κ1) is 15.1. The van der Waals surface area contributed by atoms with Crippen LogP contribution in [0.2, 0.25) is 5.02 Å². The molecule has 2 rings (SSSR count). The van der Waals surface area contributed by atoms with Crippen molar-refractivity contribution >= 4 is 50.1 Å². The van der Waals surface area contributed by atoms with Crippen molar-refractivity contribution in [2.45, 2.75) is 6.04 Å². The molecule has 2 nitrogen and oxygen atoms in total. The predicted molar refractivity (Wildman–Crippen MR) is 90.9 cm³/mol. The molecule has 100 valence electrons. The van der Waals surface area contributed by atoms with E-state index in [4.69, 9.17) is 22.1 Å². The summed E-state index contributed by atoms with van der Waals surface area (Å²) >= 11 is 11.8. The van der Waals surface area contributed by atoms with E-state index in [1.54, 1.807) is 13.2 Å². The minimum Gasteiger partial charge on any atom is -0.496 e. The van der Waals surface area contributed by atoms with Crippen molar-refractivity contribution in [1.29, 1.82) is 0 Å². The smallest absolute Gasteiger partial charge is 0.124 e. The van der Waals surface area contributed by atoms with Crippen LogP contribution in [0, 0.1) is 3.57 Å². The van der Waals surface area contributed by atoms with Crippen LogP contribution < -0.4 is 10.5 Å². The van der Waals surface area contributed by atoms with Gasteiger partial charge in [0.1, 0.15) is 5.75 Å². The molecule has 2 aromatic rings. The van der Waals surface area contributed by atoms with Crippen LogP contribution in [0.3, 0.4) is 0 Å². The van der Waals surface area contributed by atoms with Crippen LogP contribution in [0.4, 0.5) is 0 Å². The van der Waals surface area contributed by atoms with E-state index in [1.165, 1.54) is 0 Å². The number of ether oxygens (including phenoxy) is 1. The summed E-state index contributed by atoms with van der Waals surface area (Å²) in [5.74, 6) is 0.743. The van der Waals surface area contributed by atoms with Gasteiger partial charge in [-0.3, -0.25) is 0 Å². The summed E-state index contributed by atoms with van der Waals surface area (Å²) in [5, 5.41) is 0.649. The average Bonchev–Trinajstić information content (AvgIpc) is 2.40. The number of benzene rings is 2. The number of halogens is 3. The molecule has 2 N–H and O–H groups in total. The van der Waals surface area contributed by atoms with Crippen LogP contribution in [0.1, 0.15) is 17.2 Å². The lowest BCUT2D eigenvalue weighted by molar-refractivity contribution is 0.408. The Labute approximate surface area is 139 Å². The Morgan fingerprint density at radius 1 is 1.21 bits per heavy atom. The third-order valence-electron chi connectivity index (χ3n) is 2.82. The molecule has 0 saturated heterocycles. The highest BCUT2D eigenvalue weighted by atomic mass is 127. The van der Waals surface area contributed by atoms with Gasteiger partial charge in [0.05, 0.1) is 13.2 Å². The molecule has 5 heteroatoms. The summed E-state index contributed by atoms with van der Waals surface area (Å²) in [6.07, 6.45) is 0. The molecular formula is C14H12BrClINO. The van der Waals surface area contributed by atoms with Crippen molar-refractivity contribution in [2.24, 2.45) is 5.73 Å². The Kier molecular flexibility index (Phi) is 5.11. The Hall–Kier alpha value is -0.300. The lowest BCUT2D eigenvalue weighted by Gasteiger charge is -2.18. The van der Waals surface area contributed by atoms with E-state index in [2.05, 4.69) is 38.5 Å². The van der Waals surface area contributed by atoms with Gasteiger partial charge < -0.3 is 10.5 Å². The normalized spacial score (nSPS) is 12.3.